The first-order valence-corrected chi connectivity index (χ1v) is 21.3. The predicted octanol–water partition coefficient (Wildman–Crippen LogP) is 14.3. The number of rotatable bonds is 7. The van der Waals surface area contributed by atoms with E-state index in [4.69, 9.17) is 15.0 Å². The quantitative estimate of drug-likeness (QED) is 0.161. The molecule has 0 N–H and O–H groups in total. The van der Waals surface area contributed by atoms with Crippen molar-refractivity contribution in [2.45, 2.75) is 0 Å². The number of nitriles is 1. The molecule has 0 radical (unpaired) electrons. The van der Waals surface area contributed by atoms with Gasteiger partial charge in [-0.25, -0.2) is 15.0 Å². The summed E-state index contributed by atoms with van der Waals surface area (Å²) >= 11 is 0. The van der Waals surface area contributed by atoms with Crippen LogP contribution < -0.4 is 0 Å². The van der Waals surface area contributed by atoms with Gasteiger partial charge in [0.15, 0.2) is 17.5 Å². The fourth-order valence-electron chi connectivity index (χ4n) is 9.37. The minimum atomic E-state index is 0.556. The second-order valence-corrected chi connectivity index (χ2v) is 15.9. The van der Waals surface area contributed by atoms with Gasteiger partial charge in [0, 0.05) is 43.9 Å². The Morgan fingerprint density at radius 1 is 0.344 bits per heavy atom. The van der Waals surface area contributed by atoms with Crippen LogP contribution in [0.25, 0.3) is 111 Å². The van der Waals surface area contributed by atoms with Crippen molar-refractivity contribution in [2.75, 3.05) is 0 Å². The molecule has 0 atom stereocenters. The lowest BCUT2D eigenvalue weighted by Gasteiger charge is -2.17. The number of benzene rings is 9. The first kappa shape index (κ1) is 36.9. The second kappa shape index (κ2) is 15.2. The molecule has 0 aliphatic carbocycles. The van der Waals surface area contributed by atoms with Crippen LogP contribution in [0.5, 0.6) is 0 Å². The first-order chi connectivity index (χ1) is 31.7. The van der Waals surface area contributed by atoms with Crippen molar-refractivity contribution in [3.63, 3.8) is 0 Å². The number of hydrogen-bond acceptors (Lipinski definition) is 4. The highest BCUT2D eigenvalue weighted by molar-refractivity contribution is 6.22. The van der Waals surface area contributed by atoms with Crippen LogP contribution in [0, 0.1) is 11.3 Å². The number of para-hydroxylation sites is 2. The molecule has 12 aromatic rings. The zero-order chi connectivity index (χ0) is 42.6. The maximum absolute atomic E-state index is 10.4. The molecule has 0 spiro atoms. The van der Waals surface area contributed by atoms with E-state index in [9.17, 15) is 5.26 Å². The highest BCUT2D eigenvalue weighted by atomic mass is 15.1. The van der Waals surface area contributed by atoms with Crippen molar-refractivity contribution in [1.82, 2.24) is 24.1 Å². The summed E-state index contributed by atoms with van der Waals surface area (Å²) in [6.07, 6.45) is 0. The third-order valence-electron chi connectivity index (χ3n) is 12.2. The van der Waals surface area contributed by atoms with Crippen LogP contribution in [-0.2, 0) is 0 Å². The molecule has 0 aliphatic heterocycles. The largest absolute Gasteiger partial charge is 0.309 e. The number of nitrogens with zero attached hydrogens (tertiary/aromatic N) is 6. The Hall–Kier alpha value is -8.92. The third-order valence-corrected chi connectivity index (χ3v) is 12.2. The van der Waals surface area contributed by atoms with Gasteiger partial charge in [-0.15, -0.1) is 0 Å². The summed E-state index contributed by atoms with van der Waals surface area (Å²) in [7, 11) is 0. The molecule has 3 aromatic heterocycles. The highest BCUT2D eigenvalue weighted by Crippen LogP contribution is 2.45. The molecular weight excluding hydrogens is 781 g/mol. The lowest BCUT2D eigenvalue weighted by molar-refractivity contribution is 1.06. The van der Waals surface area contributed by atoms with Crippen molar-refractivity contribution in [3.05, 3.63) is 224 Å². The summed E-state index contributed by atoms with van der Waals surface area (Å²) in [5.74, 6) is 1.74. The zero-order valence-electron chi connectivity index (χ0n) is 34.5. The van der Waals surface area contributed by atoms with E-state index in [0.717, 1.165) is 83.2 Å². The summed E-state index contributed by atoms with van der Waals surface area (Å²) in [6.45, 7) is 0. The fraction of sp³-hybridized carbons (Fsp3) is 0. The molecule has 0 saturated carbocycles. The molecule has 6 nitrogen and oxygen atoms in total. The van der Waals surface area contributed by atoms with Crippen molar-refractivity contribution in [3.8, 4) is 73.9 Å². The van der Waals surface area contributed by atoms with E-state index in [-0.39, 0.29) is 0 Å². The van der Waals surface area contributed by atoms with Gasteiger partial charge in [-0.3, -0.25) is 0 Å². The van der Waals surface area contributed by atoms with Gasteiger partial charge in [0.2, 0.25) is 0 Å². The third kappa shape index (κ3) is 6.06. The van der Waals surface area contributed by atoms with Crippen molar-refractivity contribution in [2.24, 2.45) is 0 Å². The molecule has 0 saturated heterocycles. The molecule has 0 bridgehead atoms. The van der Waals surface area contributed by atoms with E-state index in [1.165, 1.54) is 10.8 Å². The fourth-order valence-corrected chi connectivity index (χ4v) is 9.37. The standard InChI is InChI=1S/C58H36N6/c59-37-38-31-34-50-48(35-38)55-45(44-26-15-29-51-54(44)46-25-13-14-28-49(46)63(51)43-23-11-4-12-24-43)27-16-30-52(55)64(50)53-36-42(39-17-5-1-6-18-39)32-33-47(53)58-61-56(40-19-7-2-8-20-40)60-57(62-58)41-21-9-3-10-22-41/h1-36H. The minimum absolute atomic E-state index is 0.556. The van der Waals surface area contributed by atoms with E-state index in [2.05, 4.69) is 155 Å². The summed E-state index contributed by atoms with van der Waals surface area (Å²) in [4.78, 5) is 15.5. The van der Waals surface area contributed by atoms with Gasteiger partial charge in [-0.2, -0.15) is 5.26 Å². The van der Waals surface area contributed by atoms with Gasteiger partial charge < -0.3 is 9.13 Å². The number of aromatic nitrogens is 5. The van der Waals surface area contributed by atoms with Gasteiger partial charge in [-0.1, -0.05) is 158 Å². The molecule has 0 fully saturated rings. The maximum atomic E-state index is 10.4. The molecule has 0 amide bonds. The Bertz CT molecular complexity index is 3710. The monoisotopic (exact) mass is 816 g/mol. The van der Waals surface area contributed by atoms with E-state index < -0.39 is 0 Å². The normalized spacial score (nSPS) is 11.4. The Labute approximate surface area is 369 Å². The van der Waals surface area contributed by atoms with Crippen LogP contribution in [-0.4, -0.2) is 24.1 Å². The van der Waals surface area contributed by atoms with Gasteiger partial charge in [0.1, 0.15) is 0 Å². The van der Waals surface area contributed by atoms with Crippen molar-refractivity contribution < 1.29 is 0 Å². The molecule has 3 heterocycles. The van der Waals surface area contributed by atoms with Gasteiger partial charge in [0.25, 0.3) is 0 Å². The van der Waals surface area contributed by atoms with Crippen LogP contribution in [0.1, 0.15) is 5.56 Å². The molecule has 64 heavy (non-hydrogen) atoms. The van der Waals surface area contributed by atoms with Crippen LogP contribution in [0.4, 0.5) is 0 Å². The Morgan fingerprint density at radius 3 is 1.50 bits per heavy atom. The Morgan fingerprint density at radius 2 is 0.859 bits per heavy atom. The average Bonchev–Trinajstić information content (AvgIpc) is 3.90. The number of hydrogen-bond donors (Lipinski definition) is 0. The van der Waals surface area contributed by atoms with E-state index in [1.54, 1.807) is 0 Å². The topological polar surface area (TPSA) is 72.3 Å². The summed E-state index contributed by atoms with van der Waals surface area (Å²) in [5.41, 5.74) is 13.8. The van der Waals surface area contributed by atoms with Gasteiger partial charge >= 0.3 is 0 Å². The molecule has 9 aromatic carbocycles. The molecule has 0 unspecified atom stereocenters. The molecule has 6 heteroatoms. The maximum Gasteiger partial charge on any atom is 0.166 e. The summed E-state index contributed by atoms with van der Waals surface area (Å²) < 4.78 is 4.69. The molecular formula is C58H36N6. The number of fused-ring (bicyclic) bond motifs is 6. The smallest absolute Gasteiger partial charge is 0.166 e. The summed E-state index contributed by atoms with van der Waals surface area (Å²) in [5, 5.41) is 14.7. The van der Waals surface area contributed by atoms with Crippen LogP contribution in [0.2, 0.25) is 0 Å². The minimum Gasteiger partial charge on any atom is -0.309 e. The second-order valence-electron chi connectivity index (χ2n) is 15.9. The van der Waals surface area contributed by atoms with E-state index in [0.29, 0.717) is 23.0 Å². The molecule has 298 valence electrons. The van der Waals surface area contributed by atoms with Crippen LogP contribution >= 0.6 is 0 Å². The Balaban J connectivity index is 1.18. The van der Waals surface area contributed by atoms with Crippen molar-refractivity contribution >= 4 is 43.6 Å². The SMILES string of the molecule is N#Cc1ccc2c(c1)c1c(-c3cccc4c3c3ccccc3n4-c3ccccc3)cccc1n2-c1cc(-c2ccccc2)ccc1-c1nc(-c2ccccc2)nc(-c2ccccc2)n1. The molecule has 12 rings (SSSR count). The predicted molar refractivity (Wildman–Crippen MR) is 260 cm³/mol. The average molecular weight is 817 g/mol. The van der Waals surface area contributed by atoms with E-state index in [1.807, 2.05) is 78.9 Å². The van der Waals surface area contributed by atoms with Crippen LogP contribution in [0.15, 0.2) is 218 Å². The summed E-state index contributed by atoms with van der Waals surface area (Å²) in [6, 6.07) is 78.0. The zero-order valence-corrected chi connectivity index (χ0v) is 34.5. The van der Waals surface area contributed by atoms with Crippen LogP contribution in [0.3, 0.4) is 0 Å². The van der Waals surface area contributed by atoms with Gasteiger partial charge in [-0.05, 0) is 82.9 Å². The lowest BCUT2D eigenvalue weighted by Crippen LogP contribution is -2.04. The van der Waals surface area contributed by atoms with Crippen molar-refractivity contribution in [1.29, 1.82) is 5.26 Å². The highest BCUT2D eigenvalue weighted by Gasteiger charge is 2.24. The molecule has 0 aliphatic rings. The van der Waals surface area contributed by atoms with E-state index >= 15 is 0 Å². The lowest BCUT2D eigenvalue weighted by atomic mass is 9.95. The first-order valence-electron chi connectivity index (χ1n) is 21.3. The van der Waals surface area contributed by atoms with Gasteiger partial charge in [0.05, 0.1) is 39.4 Å². The Kier molecular flexibility index (Phi) is 8.77.